The molecule has 24 heavy (non-hydrogen) atoms. The Morgan fingerprint density at radius 1 is 1.12 bits per heavy atom. The number of aryl methyl sites for hydroxylation is 1. The van der Waals surface area contributed by atoms with Crippen molar-refractivity contribution in [1.82, 2.24) is 19.7 Å². The lowest BCUT2D eigenvalue weighted by atomic mass is 10.2. The van der Waals surface area contributed by atoms with Gasteiger partial charge in [-0.05, 0) is 45.0 Å². The third-order valence-corrected chi connectivity index (χ3v) is 6.45. The second kappa shape index (κ2) is 6.01. The number of carbonyl (C=O) groups excluding carboxylic acids is 1. The van der Waals surface area contributed by atoms with Crippen LogP contribution in [0, 0.1) is 6.92 Å². The second-order valence-electron chi connectivity index (χ2n) is 6.16. The van der Waals surface area contributed by atoms with Crippen molar-refractivity contribution in [2.45, 2.75) is 44.0 Å². The SMILES string of the molecule is Cc1nnc2n1CCN(C(=O)c1ccc(S(=O)(=O)C(C)C)cc1)C2. The average Bonchev–Trinajstić information content (AvgIpc) is 2.95. The number of amides is 1. The summed E-state index contributed by atoms with van der Waals surface area (Å²) in [6, 6.07) is 6.14. The fourth-order valence-corrected chi connectivity index (χ4v) is 3.78. The quantitative estimate of drug-likeness (QED) is 0.837. The van der Waals surface area contributed by atoms with Gasteiger partial charge in [0, 0.05) is 18.7 Å². The van der Waals surface area contributed by atoms with Gasteiger partial charge in [0.05, 0.1) is 16.7 Å². The molecule has 0 fully saturated rings. The molecule has 0 saturated carbocycles. The molecule has 8 heteroatoms. The summed E-state index contributed by atoms with van der Waals surface area (Å²) >= 11 is 0. The highest BCUT2D eigenvalue weighted by molar-refractivity contribution is 7.92. The first kappa shape index (κ1) is 16.6. The van der Waals surface area contributed by atoms with Crippen LogP contribution in [0.3, 0.4) is 0 Å². The Balaban J connectivity index is 1.79. The smallest absolute Gasteiger partial charge is 0.254 e. The molecular weight excluding hydrogens is 328 g/mol. The molecule has 7 nitrogen and oxygen atoms in total. The van der Waals surface area contributed by atoms with Crippen LogP contribution in [0.15, 0.2) is 29.2 Å². The van der Waals surface area contributed by atoms with E-state index in [1.807, 2.05) is 11.5 Å². The summed E-state index contributed by atoms with van der Waals surface area (Å²) in [6.07, 6.45) is 0. The van der Waals surface area contributed by atoms with E-state index in [0.29, 0.717) is 25.2 Å². The molecule has 0 aliphatic carbocycles. The maximum Gasteiger partial charge on any atom is 0.254 e. The monoisotopic (exact) mass is 348 g/mol. The molecule has 3 rings (SSSR count). The number of rotatable bonds is 3. The minimum Gasteiger partial charge on any atom is -0.329 e. The minimum atomic E-state index is -3.33. The van der Waals surface area contributed by atoms with Crippen LogP contribution in [0.1, 0.15) is 35.9 Å². The van der Waals surface area contributed by atoms with Crippen LogP contribution < -0.4 is 0 Å². The molecular formula is C16H20N4O3S. The van der Waals surface area contributed by atoms with Gasteiger partial charge in [0.2, 0.25) is 0 Å². The van der Waals surface area contributed by atoms with Gasteiger partial charge in [0.15, 0.2) is 15.7 Å². The van der Waals surface area contributed by atoms with Crippen LogP contribution >= 0.6 is 0 Å². The van der Waals surface area contributed by atoms with Gasteiger partial charge < -0.3 is 9.47 Å². The molecule has 128 valence electrons. The average molecular weight is 348 g/mol. The van der Waals surface area contributed by atoms with E-state index in [1.165, 1.54) is 12.1 Å². The molecule has 0 saturated heterocycles. The van der Waals surface area contributed by atoms with Crippen molar-refractivity contribution in [2.24, 2.45) is 0 Å². The number of benzene rings is 1. The highest BCUT2D eigenvalue weighted by atomic mass is 32.2. The van der Waals surface area contributed by atoms with E-state index in [4.69, 9.17) is 0 Å². The lowest BCUT2D eigenvalue weighted by molar-refractivity contribution is 0.0706. The zero-order valence-corrected chi connectivity index (χ0v) is 14.7. The molecule has 2 aromatic rings. The summed E-state index contributed by atoms with van der Waals surface area (Å²) in [4.78, 5) is 14.6. The first-order valence-corrected chi connectivity index (χ1v) is 9.37. The zero-order valence-electron chi connectivity index (χ0n) is 13.9. The highest BCUT2D eigenvalue weighted by Crippen LogP contribution is 2.19. The molecule has 0 radical (unpaired) electrons. The Bertz CT molecular complexity index is 869. The number of nitrogens with zero attached hydrogens (tertiary/aromatic N) is 4. The van der Waals surface area contributed by atoms with Crippen molar-refractivity contribution in [3.8, 4) is 0 Å². The van der Waals surface area contributed by atoms with E-state index in [1.54, 1.807) is 30.9 Å². The van der Waals surface area contributed by atoms with E-state index in [2.05, 4.69) is 10.2 Å². The van der Waals surface area contributed by atoms with E-state index < -0.39 is 15.1 Å². The number of hydrogen-bond donors (Lipinski definition) is 0. The van der Waals surface area contributed by atoms with Gasteiger partial charge in [-0.1, -0.05) is 0 Å². The molecule has 0 unspecified atom stereocenters. The second-order valence-corrected chi connectivity index (χ2v) is 8.66. The third kappa shape index (κ3) is 2.82. The number of carbonyl (C=O) groups is 1. The fraction of sp³-hybridized carbons (Fsp3) is 0.438. The number of fused-ring (bicyclic) bond motifs is 1. The van der Waals surface area contributed by atoms with Crippen molar-refractivity contribution in [3.05, 3.63) is 41.5 Å². The summed E-state index contributed by atoms with van der Waals surface area (Å²) < 4.78 is 26.3. The zero-order chi connectivity index (χ0) is 17.5. The Morgan fingerprint density at radius 2 is 1.79 bits per heavy atom. The van der Waals surface area contributed by atoms with Crippen LogP contribution in [0.2, 0.25) is 0 Å². The Morgan fingerprint density at radius 3 is 2.42 bits per heavy atom. The van der Waals surface area contributed by atoms with Gasteiger partial charge in [-0.25, -0.2) is 8.42 Å². The fourth-order valence-electron chi connectivity index (χ4n) is 2.72. The molecule has 0 N–H and O–H groups in total. The van der Waals surface area contributed by atoms with Gasteiger partial charge in [0.25, 0.3) is 5.91 Å². The van der Waals surface area contributed by atoms with Gasteiger partial charge in [0.1, 0.15) is 5.82 Å². The predicted octanol–water partition coefficient (Wildman–Crippen LogP) is 1.42. The highest BCUT2D eigenvalue weighted by Gasteiger charge is 2.25. The number of hydrogen-bond acceptors (Lipinski definition) is 5. The van der Waals surface area contributed by atoms with E-state index in [-0.39, 0.29) is 10.8 Å². The van der Waals surface area contributed by atoms with Crippen LogP contribution in [0.5, 0.6) is 0 Å². The number of aromatic nitrogens is 3. The summed E-state index contributed by atoms with van der Waals surface area (Å²) in [5, 5.41) is 7.63. The topological polar surface area (TPSA) is 85.2 Å². The normalized spacial score (nSPS) is 14.8. The van der Waals surface area contributed by atoms with Crippen molar-refractivity contribution < 1.29 is 13.2 Å². The van der Waals surface area contributed by atoms with E-state index >= 15 is 0 Å². The molecule has 1 amide bonds. The molecule has 0 atom stereocenters. The molecule has 1 aliphatic heterocycles. The first-order valence-electron chi connectivity index (χ1n) is 7.82. The van der Waals surface area contributed by atoms with E-state index in [0.717, 1.165) is 11.6 Å². The third-order valence-electron chi connectivity index (χ3n) is 4.28. The summed E-state index contributed by atoms with van der Waals surface area (Å²) in [7, 11) is -3.33. The molecule has 1 aromatic carbocycles. The minimum absolute atomic E-state index is 0.129. The van der Waals surface area contributed by atoms with Gasteiger partial charge in [-0.3, -0.25) is 4.79 Å². The van der Waals surface area contributed by atoms with Crippen LogP contribution in [-0.2, 0) is 22.9 Å². The maximum absolute atomic E-state index is 12.6. The molecule has 0 bridgehead atoms. The van der Waals surface area contributed by atoms with Crippen molar-refractivity contribution in [3.63, 3.8) is 0 Å². The largest absolute Gasteiger partial charge is 0.329 e. The lowest BCUT2D eigenvalue weighted by Crippen LogP contribution is -2.38. The molecule has 0 spiro atoms. The van der Waals surface area contributed by atoms with Crippen molar-refractivity contribution in [1.29, 1.82) is 0 Å². The van der Waals surface area contributed by atoms with Crippen molar-refractivity contribution >= 4 is 15.7 Å². The summed E-state index contributed by atoms with van der Waals surface area (Å²) in [5.41, 5.74) is 0.474. The van der Waals surface area contributed by atoms with Gasteiger partial charge in [-0.2, -0.15) is 0 Å². The Hall–Kier alpha value is -2.22. The molecule has 1 aliphatic rings. The predicted molar refractivity (Wildman–Crippen MR) is 88.3 cm³/mol. The van der Waals surface area contributed by atoms with Crippen molar-refractivity contribution in [2.75, 3.05) is 6.54 Å². The molecule has 1 aromatic heterocycles. The number of sulfone groups is 1. The summed E-state index contributed by atoms with van der Waals surface area (Å²) in [6.45, 7) is 6.82. The molecule has 2 heterocycles. The lowest BCUT2D eigenvalue weighted by Gasteiger charge is -2.27. The Labute approximate surface area is 141 Å². The van der Waals surface area contributed by atoms with Gasteiger partial charge in [-0.15, -0.1) is 10.2 Å². The van der Waals surface area contributed by atoms with Crippen LogP contribution in [0.4, 0.5) is 0 Å². The maximum atomic E-state index is 12.6. The van der Waals surface area contributed by atoms with Crippen LogP contribution in [-0.4, -0.2) is 45.8 Å². The van der Waals surface area contributed by atoms with Gasteiger partial charge >= 0.3 is 0 Å². The Kier molecular flexibility index (Phi) is 4.16. The summed E-state index contributed by atoms with van der Waals surface area (Å²) in [5.74, 6) is 1.49. The standard InChI is InChI=1S/C16H20N4O3S/c1-11(2)24(22,23)14-6-4-13(5-7-14)16(21)19-8-9-20-12(3)17-18-15(20)10-19/h4-7,11H,8-10H2,1-3H3. The first-order chi connectivity index (χ1) is 11.3. The van der Waals surface area contributed by atoms with E-state index in [9.17, 15) is 13.2 Å². The van der Waals surface area contributed by atoms with Crippen LogP contribution in [0.25, 0.3) is 0 Å².